The molecular formula is C21H14Cl3F3N2O3S. The van der Waals surface area contributed by atoms with E-state index in [-0.39, 0.29) is 22.9 Å². The number of alkyl halides is 3. The first-order chi connectivity index (χ1) is 15.5. The smallest absolute Gasteiger partial charge is 0.390 e. The zero-order chi connectivity index (χ0) is 24.6. The summed E-state index contributed by atoms with van der Waals surface area (Å²) in [5.74, 6) is 0. The van der Waals surface area contributed by atoms with Crippen LogP contribution in [0.4, 0.5) is 13.2 Å². The molecule has 0 aliphatic carbocycles. The van der Waals surface area contributed by atoms with Gasteiger partial charge in [-0.3, -0.25) is 0 Å². The standard InChI is InChI=1S/C21H13Cl3F3NO.HNO2S/c22-15-9-10-17(21(25,26)27)16(11-15)20(13-5-2-1-3-6-13)28-29-12-14-7-4-8-18(23)19(14)24;1-4(2)3/h1-11H,12H2;1H/b28-20+;. The Kier molecular flexibility index (Phi) is 9.72. The van der Waals surface area contributed by atoms with Crippen LogP contribution in [-0.2, 0) is 28.1 Å². The second-order valence-electron chi connectivity index (χ2n) is 6.21. The van der Waals surface area contributed by atoms with Gasteiger partial charge in [-0.2, -0.15) is 26.4 Å². The van der Waals surface area contributed by atoms with Crippen LogP contribution in [0.2, 0.25) is 15.1 Å². The average molecular weight is 538 g/mol. The van der Waals surface area contributed by atoms with Gasteiger partial charge in [0.15, 0.2) is 0 Å². The van der Waals surface area contributed by atoms with Crippen LogP contribution in [0.15, 0.2) is 71.9 Å². The van der Waals surface area contributed by atoms with Gasteiger partial charge in [0.2, 0.25) is 0 Å². The highest BCUT2D eigenvalue weighted by molar-refractivity contribution is 7.60. The monoisotopic (exact) mass is 536 g/mol. The molecule has 0 bridgehead atoms. The maximum Gasteiger partial charge on any atom is 0.417 e. The Morgan fingerprint density at radius 1 is 0.970 bits per heavy atom. The summed E-state index contributed by atoms with van der Waals surface area (Å²) in [6.07, 6.45) is -4.59. The van der Waals surface area contributed by atoms with E-state index in [0.29, 0.717) is 21.2 Å². The number of halogens is 6. The van der Waals surface area contributed by atoms with E-state index in [1.54, 1.807) is 48.5 Å². The van der Waals surface area contributed by atoms with Gasteiger partial charge in [0, 0.05) is 21.7 Å². The summed E-state index contributed by atoms with van der Waals surface area (Å²) < 4.78 is 63.5. The van der Waals surface area contributed by atoms with Gasteiger partial charge in [0.1, 0.15) is 12.3 Å². The Labute approximate surface area is 203 Å². The first-order valence-electron chi connectivity index (χ1n) is 8.86. The molecule has 0 heterocycles. The molecule has 0 aliphatic rings. The molecule has 0 aliphatic heterocycles. The molecule has 0 spiro atoms. The van der Waals surface area contributed by atoms with Gasteiger partial charge < -0.3 is 4.84 Å². The molecule has 0 radical (unpaired) electrons. The summed E-state index contributed by atoms with van der Waals surface area (Å²) in [6, 6.07) is 16.7. The first-order valence-corrected chi connectivity index (χ1v) is 11.1. The maximum atomic E-state index is 13.6. The molecule has 0 atom stereocenters. The zero-order valence-electron chi connectivity index (χ0n) is 16.4. The van der Waals surface area contributed by atoms with Crippen LogP contribution in [0.5, 0.6) is 0 Å². The van der Waals surface area contributed by atoms with E-state index in [4.69, 9.17) is 52.8 Å². The molecule has 0 saturated heterocycles. The van der Waals surface area contributed by atoms with E-state index in [1.807, 2.05) is 0 Å². The van der Waals surface area contributed by atoms with Crippen molar-refractivity contribution in [2.75, 3.05) is 0 Å². The number of hydrogen-bond donors (Lipinski definition) is 1. The van der Waals surface area contributed by atoms with Gasteiger partial charge in [-0.1, -0.05) is 82.4 Å². The van der Waals surface area contributed by atoms with Crippen molar-refractivity contribution in [2.24, 2.45) is 5.16 Å². The molecule has 174 valence electrons. The minimum atomic E-state index is -4.59. The minimum absolute atomic E-state index is 0.00132. The van der Waals surface area contributed by atoms with Crippen molar-refractivity contribution in [3.05, 3.63) is 104 Å². The summed E-state index contributed by atoms with van der Waals surface area (Å²) in [4.78, 5) is 5.37. The fourth-order valence-electron chi connectivity index (χ4n) is 2.64. The normalized spacial score (nSPS) is 11.4. The second kappa shape index (κ2) is 12.0. The third-order valence-corrected chi connectivity index (χ3v) is 5.09. The third kappa shape index (κ3) is 8.04. The number of hydrogen-bond acceptors (Lipinski definition) is 5. The van der Waals surface area contributed by atoms with Crippen LogP contribution >= 0.6 is 34.8 Å². The Morgan fingerprint density at radius 3 is 2.21 bits per heavy atom. The predicted molar refractivity (Wildman–Crippen MR) is 121 cm³/mol. The lowest BCUT2D eigenvalue weighted by Crippen LogP contribution is -2.15. The summed E-state index contributed by atoms with van der Waals surface area (Å²) in [6.45, 7) is -0.0718. The van der Waals surface area contributed by atoms with Crippen LogP contribution in [0.25, 0.3) is 0 Å². The van der Waals surface area contributed by atoms with Crippen LogP contribution in [0.3, 0.4) is 0 Å². The maximum absolute atomic E-state index is 13.6. The quantitative estimate of drug-likeness (QED) is 0.275. The van der Waals surface area contributed by atoms with Gasteiger partial charge in [-0.15, -0.1) is 0 Å². The molecule has 0 fully saturated rings. The van der Waals surface area contributed by atoms with Gasteiger partial charge in [-0.25, -0.2) is 0 Å². The third-order valence-electron chi connectivity index (χ3n) is 4.00. The lowest BCUT2D eigenvalue weighted by molar-refractivity contribution is -0.137. The highest BCUT2D eigenvalue weighted by Crippen LogP contribution is 2.35. The van der Waals surface area contributed by atoms with Gasteiger partial charge >= 0.3 is 16.7 Å². The molecule has 3 aromatic rings. The van der Waals surface area contributed by atoms with E-state index in [1.165, 1.54) is 12.1 Å². The molecule has 0 aromatic heterocycles. The van der Waals surface area contributed by atoms with Crippen molar-refractivity contribution < 1.29 is 26.4 Å². The lowest BCUT2D eigenvalue weighted by Gasteiger charge is -2.15. The van der Waals surface area contributed by atoms with E-state index in [2.05, 4.69) is 5.16 Å². The van der Waals surface area contributed by atoms with E-state index in [0.717, 1.165) is 6.07 Å². The van der Waals surface area contributed by atoms with Crippen LogP contribution in [-0.4, -0.2) is 14.1 Å². The molecule has 0 saturated carbocycles. The first kappa shape index (κ1) is 26.7. The van der Waals surface area contributed by atoms with Gasteiger partial charge in [-0.05, 0) is 24.3 Å². The number of rotatable bonds is 5. The molecule has 0 unspecified atom stereocenters. The Balaban J connectivity index is 0.000000890. The largest absolute Gasteiger partial charge is 0.417 e. The predicted octanol–water partition coefficient (Wildman–Crippen LogP) is 7.26. The van der Waals surface area contributed by atoms with Gasteiger partial charge in [0.25, 0.3) is 0 Å². The van der Waals surface area contributed by atoms with Gasteiger partial charge in [0.05, 0.1) is 15.6 Å². The highest BCUT2D eigenvalue weighted by Gasteiger charge is 2.35. The number of nitrogens with zero attached hydrogens (tertiary/aromatic N) is 1. The summed E-state index contributed by atoms with van der Waals surface area (Å²) in [5.41, 5.74) is -0.0595. The topological polar surface area (TPSA) is 79.6 Å². The molecule has 1 N–H and O–H groups in total. The van der Waals surface area contributed by atoms with Crippen molar-refractivity contribution in [3.8, 4) is 0 Å². The van der Waals surface area contributed by atoms with Crippen LogP contribution in [0.1, 0.15) is 22.3 Å². The van der Waals surface area contributed by atoms with E-state index < -0.39 is 22.2 Å². The number of oxime groups is 1. The summed E-state index contributed by atoms with van der Waals surface area (Å²) in [7, 11) is -2.61. The van der Waals surface area contributed by atoms with Crippen molar-refractivity contribution in [1.29, 1.82) is 4.78 Å². The fraction of sp³-hybridized carbons (Fsp3) is 0.0952. The fourth-order valence-corrected chi connectivity index (χ4v) is 3.19. The summed E-state index contributed by atoms with van der Waals surface area (Å²) >= 11 is 18.1. The molecular weight excluding hydrogens is 524 g/mol. The second-order valence-corrected chi connectivity index (χ2v) is 7.91. The number of nitrogens with one attached hydrogen (secondary N) is 1. The molecule has 0 amide bonds. The molecule has 5 nitrogen and oxygen atoms in total. The van der Waals surface area contributed by atoms with E-state index in [9.17, 15) is 13.2 Å². The lowest BCUT2D eigenvalue weighted by atomic mass is 9.97. The Morgan fingerprint density at radius 2 is 1.61 bits per heavy atom. The van der Waals surface area contributed by atoms with Crippen LogP contribution in [0, 0.1) is 4.78 Å². The highest BCUT2D eigenvalue weighted by atomic mass is 35.5. The number of benzene rings is 3. The van der Waals surface area contributed by atoms with Crippen LogP contribution < -0.4 is 0 Å². The van der Waals surface area contributed by atoms with Crippen molar-refractivity contribution >= 4 is 51.0 Å². The van der Waals surface area contributed by atoms with E-state index >= 15 is 0 Å². The SMILES string of the molecule is FC(F)(F)c1ccc(Cl)cc1/C(=N/OCc1cccc(Cl)c1Cl)c1ccccc1.N=S(=O)=O. The Hall–Kier alpha value is -2.59. The average Bonchev–Trinajstić information content (AvgIpc) is 2.73. The van der Waals surface area contributed by atoms with Crippen molar-refractivity contribution in [3.63, 3.8) is 0 Å². The summed E-state index contributed by atoms with van der Waals surface area (Å²) in [5, 5.41) is 4.79. The molecule has 12 heteroatoms. The van der Waals surface area contributed by atoms with Crippen molar-refractivity contribution in [1.82, 2.24) is 0 Å². The molecule has 33 heavy (non-hydrogen) atoms. The Bertz CT molecular complexity index is 1250. The van der Waals surface area contributed by atoms with Crippen molar-refractivity contribution in [2.45, 2.75) is 12.8 Å². The zero-order valence-corrected chi connectivity index (χ0v) is 19.5. The minimum Gasteiger partial charge on any atom is -0.390 e. The molecule has 3 rings (SSSR count). The molecule has 3 aromatic carbocycles.